The average Bonchev–Trinajstić information content (AvgIpc) is 3.11. The van der Waals surface area contributed by atoms with Crippen LogP contribution in [0.3, 0.4) is 0 Å². The number of hydrogen-bond donors (Lipinski definition) is 1. The lowest BCUT2D eigenvalue weighted by Crippen LogP contribution is -2.05. The monoisotopic (exact) mass is 340 g/mol. The molecule has 0 spiro atoms. The van der Waals surface area contributed by atoms with Crippen LogP contribution in [0.2, 0.25) is 0 Å². The fourth-order valence-electron chi connectivity index (χ4n) is 2.83. The van der Waals surface area contributed by atoms with Gasteiger partial charge in [0.25, 0.3) is 0 Å². The molecule has 0 bridgehead atoms. The molecule has 4 rings (SSSR count). The minimum absolute atomic E-state index is 0.302. The molecule has 0 saturated carbocycles. The van der Waals surface area contributed by atoms with E-state index < -0.39 is 0 Å². The Labute approximate surface area is 150 Å². The topological polar surface area (TPSA) is 79.4 Å². The Bertz CT molecular complexity index is 1080. The standard InChI is InChI=1S/C20H16N6/c21-11-18-20(23-10-9-22-18)24-12-15-5-7-16(8-6-15)13-26-14-25-17-3-1-2-4-19(17)26/h1-10,14H,12-13H2,(H,23,24). The van der Waals surface area contributed by atoms with Gasteiger partial charge in [-0.3, -0.25) is 0 Å². The van der Waals surface area contributed by atoms with Crippen LogP contribution in [0.5, 0.6) is 0 Å². The summed E-state index contributed by atoms with van der Waals surface area (Å²) >= 11 is 0. The lowest BCUT2D eigenvalue weighted by Gasteiger charge is -2.08. The Morgan fingerprint density at radius 1 is 0.923 bits per heavy atom. The minimum Gasteiger partial charge on any atom is -0.364 e. The van der Waals surface area contributed by atoms with Crippen molar-refractivity contribution in [3.63, 3.8) is 0 Å². The van der Waals surface area contributed by atoms with Crippen molar-refractivity contribution in [2.75, 3.05) is 5.32 Å². The van der Waals surface area contributed by atoms with Crippen molar-refractivity contribution in [1.29, 1.82) is 5.26 Å². The van der Waals surface area contributed by atoms with E-state index >= 15 is 0 Å². The van der Waals surface area contributed by atoms with E-state index in [9.17, 15) is 0 Å². The number of aromatic nitrogens is 4. The van der Waals surface area contributed by atoms with Crippen LogP contribution in [0.4, 0.5) is 5.82 Å². The molecule has 2 heterocycles. The molecular formula is C20H16N6. The van der Waals surface area contributed by atoms with E-state index in [1.165, 1.54) is 11.8 Å². The highest BCUT2D eigenvalue weighted by Gasteiger charge is 2.05. The van der Waals surface area contributed by atoms with E-state index in [0.717, 1.165) is 23.1 Å². The molecule has 1 N–H and O–H groups in total. The summed E-state index contributed by atoms with van der Waals surface area (Å²) in [6.07, 6.45) is 4.96. The van der Waals surface area contributed by atoms with Crippen molar-refractivity contribution in [3.8, 4) is 6.07 Å². The Morgan fingerprint density at radius 2 is 1.69 bits per heavy atom. The van der Waals surface area contributed by atoms with Gasteiger partial charge in [-0.25, -0.2) is 15.0 Å². The van der Waals surface area contributed by atoms with Gasteiger partial charge in [0.2, 0.25) is 0 Å². The highest BCUT2D eigenvalue weighted by molar-refractivity contribution is 5.75. The quantitative estimate of drug-likeness (QED) is 0.602. The smallest absolute Gasteiger partial charge is 0.182 e. The van der Waals surface area contributed by atoms with Crippen molar-refractivity contribution in [3.05, 3.63) is 84.1 Å². The highest BCUT2D eigenvalue weighted by atomic mass is 15.0. The largest absolute Gasteiger partial charge is 0.364 e. The number of nitriles is 1. The third-order valence-corrected chi connectivity index (χ3v) is 4.17. The van der Waals surface area contributed by atoms with Crippen molar-refractivity contribution < 1.29 is 0 Å². The first-order valence-electron chi connectivity index (χ1n) is 8.26. The second-order valence-electron chi connectivity index (χ2n) is 5.90. The van der Waals surface area contributed by atoms with Crippen LogP contribution < -0.4 is 5.32 Å². The fraction of sp³-hybridized carbons (Fsp3) is 0.100. The zero-order chi connectivity index (χ0) is 17.8. The third kappa shape index (κ3) is 3.23. The molecule has 6 heteroatoms. The van der Waals surface area contributed by atoms with Gasteiger partial charge in [-0.05, 0) is 23.3 Å². The number of hydrogen-bond acceptors (Lipinski definition) is 5. The van der Waals surface area contributed by atoms with Crippen LogP contribution in [0.25, 0.3) is 11.0 Å². The number of imidazole rings is 1. The van der Waals surface area contributed by atoms with E-state index in [0.29, 0.717) is 18.1 Å². The van der Waals surface area contributed by atoms with Crippen LogP contribution in [0, 0.1) is 11.3 Å². The van der Waals surface area contributed by atoms with E-state index in [4.69, 9.17) is 5.26 Å². The predicted octanol–water partition coefficient (Wildman–Crippen LogP) is 3.36. The molecule has 6 nitrogen and oxygen atoms in total. The molecule has 126 valence electrons. The average molecular weight is 340 g/mol. The molecule has 0 radical (unpaired) electrons. The van der Waals surface area contributed by atoms with Crippen LogP contribution in [-0.2, 0) is 13.1 Å². The first kappa shape index (κ1) is 15.8. The summed E-state index contributed by atoms with van der Waals surface area (Å²) in [5.74, 6) is 0.504. The first-order chi connectivity index (χ1) is 12.8. The summed E-state index contributed by atoms with van der Waals surface area (Å²) in [7, 11) is 0. The predicted molar refractivity (Wildman–Crippen MR) is 99.4 cm³/mol. The van der Waals surface area contributed by atoms with Crippen LogP contribution in [-0.4, -0.2) is 19.5 Å². The molecule has 0 amide bonds. The summed E-state index contributed by atoms with van der Waals surface area (Å²) < 4.78 is 2.14. The van der Waals surface area contributed by atoms with Crippen molar-refractivity contribution in [2.24, 2.45) is 0 Å². The fourth-order valence-corrected chi connectivity index (χ4v) is 2.83. The maximum absolute atomic E-state index is 9.05. The van der Waals surface area contributed by atoms with Gasteiger partial charge in [0, 0.05) is 25.5 Å². The van der Waals surface area contributed by atoms with Gasteiger partial charge in [-0.15, -0.1) is 0 Å². The molecule has 0 fully saturated rings. The molecule has 2 aromatic carbocycles. The molecule has 4 aromatic rings. The summed E-state index contributed by atoms with van der Waals surface area (Å²) in [5, 5.41) is 12.2. The SMILES string of the molecule is N#Cc1nccnc1NCc1ccc(Cn2cnc3ccccc32)cc1. The summed E-state index contributed by atoms with van der Waals surface area (Å²) in [6, 6.07) is 18.5. The van der Waals surface area contributed by atoms with Gasteiger partial charge >= 0.3 is 0 Å². The minimum atomic E-state index is 0.302. The number of anilines is 1. The normalized spacial score (nSPS) is 10.6. The zero-order valence-electron chi connectivity index (χ0n) is 14.0. The molecule has 0 atom stereocenters. The van der Waals surface area contributed by atoms with Gasteiger partial charge in [0.1, 0.15) is 6.07 Å². The van der Waals surface area contributed by atoms with E-state index in [2.05, 4.69) is 55.2 Å². The Hall–Kier alpha value is -3.72. The molecule has 0 unspecified atom stereocenters. The third-order valence-electron chi connectivity index (χ3n) is 4.17. The van der Waals surface area contributed by atoms with E-state index in [-0.39, 0.29) is 0 Å². The van der Waals surface area contributed by atoms with Gasteiger partial charge in [0.05, 0.1) is 17.4 Å². The van der Waals surface area contributed by atoms with Gasteiger partial charge in [-0.2, -0.15) is 5.26 Å². The molecule has 0 aliphatic carbocycles. The summed E-state index contributed by atoms with van der Waals surface area (Å²) in [6.45, 7) is 1.36. The first-order valence-corrected chi connectivity index (χ1v) is 8.26. The van der Waals surface area contributed by atoms with Crippen LogP contribution in [0.1, 0.15) is 16.8 Å². The number of nitrogens with zero attached hydrogens (tertiary/aromatic N) is 5. The van der Waals surface area contributed by atoms with Crippen molar-refractivity contribution in [1.82, 2.24) is 19.5 Å². The molecular weight excluding hydrogens is 324 g/mol. The van der Waals surface area contributed by atoms with Gasteiger partial charge < -0.3 is 9.88 Å². The number of rotatable bonds is 5. The number of nitrogens with one attached hydrogen (secondary N) is 1. The maximum Gasteiger partial charge on any atom is 0.182 e. The zero-order valence-corrected chi connectivity index (χ0v) is 14.0. The molecule has 0 aliphatic heterocycles. The molecule has 0 aliphatic rings. The molecule has 2 aromatic heterocycles. The highest BCUT2D eigenvalue weighted by Crippen LogP contribution is 2.15. The summed E-state index contributed by atoms with van der Waals surface area (Å²) in [5.41, 5.74) is 4.75. The number of fused-ring (bicyclic) bond motifs is 1. The lowest BCUT2D eigenvalue weighted by molar-refractivity contribution is 0.824. The lowest BCUT2D eigenvalue weighted by atomic mass is 10.1. The number of benzene rings is 2. The second kappa shape index (κ2) is 7.03. The molecule has 0 saturated heterocycles. The van der Waals surface area contributed by atoms with Gasteiger partial charge in [-0.1, -0.05) is 36.4 Å². The number of para-hydroxylation sites is 2. The van der Waals surface area contributed by atoms with E-state index in [1.54, 1.807) is 6.20 Å². The second-order valence-corrected chi connectivity index (χ2v) is 5.90. The Balaban J connectivity index is 1.44. The maximum atomic E-state index is 9.05. The Kier molecular flexibility index (Phi) is 4.27. The van der Waals surface area contributed by atoms with E-state index in [1.807, 2.05) is 30.6 Å². The van der Waals surface area contributed by atoms with Crippen molar-refractivity contribution in [2.45, 2.75) is 13.1 Å². The molecule has 26 heavy (non-hydrogen) atoms. The van der Waals surface area contributed by atoms with Crippen molar-refractivity contribution >= 4 is 16.9 Å². The summed E-state index contributed by atoms with van der Waals surface area (Å²) in [4.78, 5) is 12.6. The van der Waals surface area contributed by atoms with Gasteiger partial charge in [0.15, 0.2) is 11.5 Å². The van der Waals surface area contributed by atoms with Crippen LogP contribution >= 0.6 is 0 Å². The van der Waals surface area contributed by atoms with Crippen LogP contribution in [0.15, 0.2) is 67.3 Å². The Morgan fingerprint density at radius 3 is 2.54 bits per heavy atom.